The number of fused-ring (bicyclic) bond motifs is 1. The zero-order valence-electron chi connectivity index (χ0n) is 16.2. The number of aromatic nitrogens is 3. The molecule has 1 N–H and O–H groups in total. The molecule has 1 aliphatic rings. The molecule has 0 spiro atoms. The molecule has 4 rings (SSSR count). The lowest BCUT2D eigenvalue weighted by Gasteiger charge is -2.38. The van der Waals surface area contributed by atoms with E-state index >= 15 is 0 Å². The van der Waals surface area contributed by atoms with Gasteiger partial charge in [0.1, 0.15) is 0 Å². The van der Waals surface area contributed by atoms with Crippen molar-refractivity contribution in [2.24, 2.45) is 0 Å². The van der Waals surface area contributed by atoms with Crippen LogP contribution in [-0.2, 0) is 4.79 Å². The molecule has 0 radical (unpaired) electrons. The molecular weight excluding hydrogens is 352 g/mol. The fourth-order valence-electron chi connectivity index (χ4n) is 3.62. The molecule has 0 bridgehead atoms. The van der Waals surface area contributed by atoms with Crippen molar-refractivity contribution in [3.63, 3.8) is 0 Å². The van der Waals surface area contributed by atoms with E-state index in [4.69, 9.17) is 0 Å². The second-order valence-electron chi connectivity index (χ2n) is 7.11. The van der Waals surface area contributed by atoms with E-state index in [1.165, 1.54) is 17.9 Å². The smallest absolute Gasteiger partial charge is 0.225 e. The first kappa shape index (κ1) is 18.3. The lowest BCUT2D eigenvalue weighted by Crippen LogP contribution is -2.47. The van der Waals surface area contributed by atoms with Gasteiger partial charge >= 0.3 is 0 Å². The van der Waals surface area contributed by atoms with E-state index in [9.17, 15) is 4.79 Å². The summed E-state index contributed by atoms with van der Waals surface area (Å²) >= 11 is 0. The lowest BCUT2D eigenvalue weighted by molar-refractivity contribution is -0.114. The van der Waals surface area contributed by atoms with Gasteiger partial charge in [0.25, 0.3) is 0 Å². The number of anilines is 2. The number of benzene rings is 1. The maximum Gasteiger partial charge on any atom is 0.225 e. The van der Waals surface area contributed by atoms with Gasteiger partial charge in [-0.25, -0.2) is 9.97 Å². The number of amides is 1. The molecule has 1 aliphatic heterocycles. The second kappa shape index (κ2) is 7.90. The van der Waals surface area contributed by atoms with Gasteiger partial charge < -0.3 is 10.2 Å². The summed E-state index contributed by atoms with van der Waals surface area (Å²) in [4.78, 5) is 29.0. The van der Waals surface area contributed by atoms with Crippen LogP contribution in [0, 0.1) is 0 Å². The van der Waals surface area contributed by atoms with E-state index in [1.54, 1.807) is 12.4 Å². The summed E-state index contributed by atoms with van der Waals surface area (Å²) in [5, 5.41) is 3.86. The van der Waals surface area contributed by atoms with Crippen molar-refractivity contribution in [2.45, 2.75) is 19.9 Å². The molecule has 1 fully saturated rings. The summed E-state index contributed by atoms with van der Waals surface area (Å²) in [5.74, 6) is 0.583. The van der Waals surface area contributed by atoms with Gasteiger partial charge in [0, 0.05) is 50.7 Å². The van der Waals surface area contributed by atoms with Crippen molar-refractivity contribution >= 4 is 28.4 Å². The second-order valence-corrected chi connectivity index (χ2v) is 7.11. The van der Waals surface area contributed by atoms with Crippen molar-refractivity contribution in [1.29, 1.82) is 0 Å². The Hall–Kier alpha value is -3.06. The summed E-state index contributed by atoms with van der Waals surface area (Å²) in [5.41, 5.74) is 2.95. The highest BCUT2D eigenvalue weighted by atomic mass is 16.1. The summed E-state index contributed by atoms with van der Waals surface area (Å²) in [6.45, 7) is 7.35. The minimum atomic E-state index is -0.122. The molecule has 1 amide bonds. The number of carbonyl (C=O) groups is 1. The highest BCUT2D eigenvalue weighted by molar-refractivity contribution is 5.88. The van der Waals surface area contributed by atoms with Crippen molar-refractivity contribution < 1.29 is 4.79 Å². The third kappa shape index (κ3) is 3.94. The largest absolute Gasteiger partial charge is 0.338 e. The molecule has 0 saturated carbocycles. The lowest BCUT2D eigenvalue weighted by atomic mass is 10.0. The molecule has 1 aromatic carbocycles. The van der Waals surface area contributed by atoms with Crippen molar-refractivity contribution in [1.82, 2.24) is 19.9 Å². The van der Waals surface area contributed by atoms with Crippen molar-refractivity contribution in [3.05, 3.63) is 54.5 Å². The highest BCUT2D eigenvalue weighted by Gasteiger charge is 2.23. The predicted octanol–water partition coefficient (Wildman–Crippen LogP) is 2.87. The molecular formula is C21H24N6O. The number of carbonyl (C=O) groups excluding carboxylic acids is 1. The first-order chi connectivity index (χ1) is 13.6. The SMILES string of the molecule is CC(=O)Nc1cnc(N2CCN(C(C)c3ccc4cccnc4c3)CC2)nc1. The molecule has 144 valence electrons. The van der Waals surface area contributed by atoms with Gasteiger partial charge in [-0.05, 0) is 24.6 Å². The van der Waals surface area contributed by atoms with Gasteiger partial charge in [-0.3, -0.25) is 14.7 Å². The van der Waals surface area contributed by atoms with E-state index in [0.29, 0.717) is 17.7 Å². The average Bonchev–Trinajstić information content (AvgIpc) is 2.73. The summed E-state index contributed by atoms with van der Waals surface area (Å²) in [6, 6.07) is 10.9. The van der Waals surface area contributed by atoms with Crippen molar-refractivity contribution in [2.75, 3.05) is 36.4 Å². The number of nitrogens with one attached hydrogen (secondary N) is 1. The van der Waals surface area contributed by atoms with Gasteiger partial charge in [-0.1, -0.05) is 18.2 Å². The molecule has 7 heteroatoms. The normalized spacial score (nSPS) is 16.1. The van der Waals surface area contributed by atoms with Gasteiger partial charge in [-0.2, -0.15) is 0 Å². The van der Waals surface area contributed by atoms with Gasteiger partial charge in [-0.15, -0.1) is 0 Å². The van der Waals surface area contributed by atoms with Crippen LogP contribution in [0.25, 0.3) is 10.9 Å². The molecule has 3 heterocycles. The number of hydrogen-bond donors (Lipinski definition) is 1. The average molecular weight is 376 g/mol. The molecule has 2 aromatic heterocycles. The van der Waals surface area contributed by atoms with E-state index in [2.05, 4.69) is 61.3 Å². The van der Waals surface area contributed by atoms with E-state index in [-0.39, 0.29) is 5.91 Å². The van der Waals surface area contributed by atoms with Gasteiger partial charge in [0.15, 0.2) is 0 Å². The first-order valence-electron chi connectivity index (χ1n) is 9.53. The zero-order chi connectivity index (χ0) is 19.5. The van der Waals surface area contributed by atoms with Crippen LogP contribution in [0.1, 0.15) is 25.5 Å². The van der Waals surface area contributed by atoms with Crippen LogP contribution in [0.3, 0.4) is 0 Å². The quantitative estimate of drug-likeness (QED) is 0.755. The third-order valence-corrected chi connectivity index (χ3v) is 5.22. The summed E-state index contributed by atoms with van der Waals surface area (Å²) in [6.07, 6.45) is 5.15. The molecule has 3 aromatic rings. The molecule has 28 heavy (non-hydrogen) atoms. The number of hydrogen-bond acceptors (Lipinski definition) is 6. The van der Waals surface area contributed by atoms with Crippen molar-refractivity contribution in [3.8, 4) is 0 Å². The van der Waals surface area contributed by atoms with Gasteiger partial charge in [0.2, 0.25) is 11.9 Å². The summed E-state index contributed by atoms with van der Waals surface area (Å²) < 4.78 is 0. The van der Waals surface area contributed by atoms with Crippen LogP contribution >= 0.6 is 0 Å². The van der Waals surface area contributed by atoms with Crippen LogP contribution in [0.2, 0.25) is 0 Å². The standard InChI is InChI=1S/C21H24N6O/c1-15(18-6-5-17-4-3-7-22-20(17)12-18)26-8-10-27(11-9-26)21-23-13-19(14-24-21)25-16(2)28/h3-7,12-15H,8-11H2,1-2H3,(H,25,28). The Bertz CT molecular complexity index is 966. The molecule has 7 nitrogen and oxygen atoms in total. The summed E-state index contributed by atoms with van der Waals surface area (Å²) in [7, 11) is 0. The number of nitrogens with zero attached hydrogens (tertiary/aromatic N) is 5. The minimum Gasteiger partial charge on any atom is -0.338 e. The van der Waals surface area contributed by atoms with E-state index in [1.807, 2.05) is 12.3 Å². The van der Waals surface area contributed by atoms with E-state index < -0.39 is 0 Å². The van der Waals surface area contributed by atoms with Crippen LogP contribution < -0.4 is 10.2 Å². The third-order valence-electron chi connectivity index (χ3n) is 5.22. The number of pyridine rings is 1. The number of piperazine rings is 1. The first-order valence-corrected chi connectivity index (χ1v) is 9.53. The fraction of sp³-hybridized carbons (Fsp3) is 0.333. The van der Waals surface area contributed by atoms with Crippen LogP contribution in [-0.4, -0.2) is 51.9 Å². The Morgan fingerprint density at radius 1 is 1.07 bits per heavy atom. The topological polar surface area (TPSA) is 74.2 Å². The van der Waals surface area contributed by atoms with E-state index in [0.717, 1.165) is 31.7 Å². The Kier molecular flexibility index (Phi) is 5.16. The van der Waals surface area contributed by atoms with Crippen LogP contribution in [0.4, 0.5) is 11.6 Å². The predicted molar refractivity (Wildman–Crippen MR) is 110 cm³/mol. The number of rotatable bonds is 4. The Balaban J connectivity index is 1.39. The minimum absolute atomic E-state index is 0.122. The monoisotopic (exact) mass is 376 g/mol. The fourth-order valence-corrected chi connectivity index (χ4v) is 3.62. The maximum absolute atomic E-state index is 11.1. The Morgan fingerprint density at radius 2 is 1.82 bits per heavy atom. The van der Waals surface area contributed by atoms with Crippen LogP contribution in [0.5, 0.6) is 0 Å². The zero-order valence-corrected chi connectivity index (χ0v) is 16.2. The molecule has 0 aliphatic carbocycles. The maximum atomic E-state index is 11.1. The van der Waals surface area contributed by atoms with Crippen LogP contribution in [0.15, 0.2) is 48.9 Å². The molecule has 1 unspecified atom stereocenters. The van der Waals surface area contributed by atoms with Gasteiger partial charge in [0.05, 0.1) is 23.6 Å². The Morgan fingerprint density at radius 3 is 2.54 bits per heavy atom. The molecule has 1 saturated heterocycles. The highest BCUT2D eigenvalue weighted by Crippen LogP contribution is 2.25. The molecule has 1 atom stereocenters. The Labute approximate surface area is 164 Å².